The fraction of sp³-hybridized carbons (Fsp3) is 0.333. The molecule has 0 saturated carbocycles. The maximum absolute atomic E-state index is 12.1. The van der Waals surface area contributed by atoms with E-state index in [1.54, 1.807) is 13.0 Å². The zero-order valence-corrected chi connectivity index (χ0v) is 16.6. The number of benzene rings is 2. The van der Waals surface area contributed by atoms with Gasteiger partial charge < -0.3 is 14.3 Å². The lowest BCUT2D eigenvalue weighted by Gasteiger charge is -2.34. The minimum Gasteiger partial charge on any atom is -0.485 e. The first-order chi connectivity index (χ1) is 13.9. The third-order valence-corrected chi connectivity index (χ3v) is 5.29. The van der Waals surface area contributed by atoms with Gasteiger partial charge in [0.1, 0.15) is 12.9 Å². The highest BCUT2D eigenvalue weighted by atomic mass is 35.5. The van der Waals surface area contributed by atoms with Gasteiger partial charge in [0.25, 0.3) is 0 Å². The third kappa shape index (κ3) is 4.24. The summed E-state index contributed by atoms with van der Waals surface area (Å²) in [6.07, 6.45) is 3.00. The molecule has 3 rings (SSSR count). The Morgan fingerprint density at radius 2 is 2.10 bits per heavy atom. The molecule has 29 heavy (non-hydrogen) atoms. The number of carbonyl (C=O) groups is 2. The lowest BCUT2D eigenvalue weighted by atomic mass is 9.71. The van der Waals surface area contributed by atoms with E-state index in [1.807, 2.05) is 12.1 Å². The molecule has 0 bridgehead atoms. The number of nitro benzene ring substituents is 1. The van der Waals surface area contributed by atoms with E-state index in [1.165, 1.54) is 12.1 Å². The number of esters is 1. The van der Waals surface area contributed by atoms with Crippen molar-refractivity contribution in [3.63, 3.8) is 0 Å². The number of rotatable bonds is 7. The Morgan fingerprint density at radius 1 is 1.31 bits per heavy atom. The van der Waals surface area contributed by atoms with Crippen LogP contribution >= 0.6 is 11.6 Å². The fourth-order valence-corrected chi connectivity index (χ4v) is 3.81. The molecule has 0 fully saturated rings. The maximum Gasteiger partial charge on any atom is 0.338 e. The fourth-order valence-electron chi connectivity index (χ4n) is 3.62. The predicted octanol–water partition coefficient (Wildman–Crippen LogP) is 4.28. The standard InChI is InChI=1S/C21H20ClNO6/c1-2-28-20(25)15-5-8-19(18(11-15)23(26)27)29-13-21(12-24)9-3-4-14-10-16(22)6-7-17(14)21/h5-8,10-12H,2-4,9,13H2,1H3/t21-/m0/s1. The summed E-state index contributed by atoms with van der Waals surface area (Å²) in [7, 11) is 0. The van der Waals surface area contributed by atoms with Crippen molar-refractivity contribution in [2.45, 2.75) is 31.6 Å². The van der Waals surface area contributed by atoms with E-state index in [-0.39, 0.29) is 30.2 Å². The van der Waals surface area contributed by atoms with Gasteiger partial charge in [-0.3, -0.25) is 10.1 Å². The highest BCUT2D eigenvalue weighted by Crippen LogP contribution is 2.39. The second-order valence-corrected chi connectivity index (χ2v) is 7.31. The van der Waals surface area contributed by atoms with Gasteiger partial charge in [-0.1, -0.05) is 17.7 Å². The van der Waals surface area contributed by atoms with Gasteiger partial charge in [0.05, 0.1) is 22.5 Å². The van der Waals surface area contributed by atoms with Gasteiger partial charge in [-0.2, -0.15) is 0 Å². The zero-order valence-electron chi connectivity index (χ0n) is 15.9. The van der Waals surface area contributed by atoms with E-state index in [2.05, 4.69) is 0 Å². The molecule has 0 N–H and O–H groups in total. The first-order valence-corrected chi connectivity index (χ1v) is 9.61. The molecule has 152 valence electrons. The third-order valence-electron chi connectivity index (χ3n) is 5.05. The van der Waals surface area contributed by atoms with Crippen LogP contribution < -0.4 is 4.74 Å². The highest BCUT2D eigenvalue weighted by molar-refractivity contribution is 6.30. The SMILES string of the molecule is CCOC(=O)c1ccc(OC[C@@]2(C=O)CCCc3cc(Cl)ccc32)c([N+](=O)[O-])c1. The summed E-state index contributed by atoms with van der Waals surface area (Å²) < 4.78 is 10.6. The van der Waals surface area contributed by atoms with Crippen molar-refractivity contribution in [1.82, 2.24) is 0 Å². The predicted molar refractivity (Wildman–Crippen MR) is 107 cm³/mol. The van der Waals surface area contributed by atoms with Crippen molar-refractivity contribution in [3.05, 3.63) is 68.2 Å². The van der Waals surface area contributed by atoms with Gasteiger partial charge >= 0.3 is 11.7 Å². The Kier molecular flexibility index (Phi) is 6.17. The van der Waals surface area contributed by atoms with Gasteiger partial charge in [0.15, 0.2) is 5.75 Å². The average Bonchev–Trinajstić information content (AvgIpc) is 2.71. The van der Waals surface area contributed by atoms with Crippen LogP contribution in [-0.4, -0.2) is 30.4 Å². The normalized spacial score (nSPS) is 17.9. The minimum atomic E-state index is -0.911. The van der Waals surface area contributed by atoms with E-state index in [0.29, 0.717) is 11.4 Å². The second-order valence-electron chi connectivity index (χ2n) is 6.88. The Bertz CT molecular complexity index is 960. The molecule has 0 heterocycles. The molecule has 7 nitrogen and oxygen atoms in total. The molecule has 2 aromatic carbocycles. The Morgan fingerprint density at radius 3 is 2.79 bits per heavy atom. The van der Waals surface area contributed by atoms with Crippen LogP contribution in [0, 0.1) is 10.1 Å². The number of aldehydes is 1. The van der Waals surface area contributed by atoms with Crippen molar-refractivity contribution >= 4 is 29.5 Å². The number of aryl methyl sites for hydroxylation is 1. The number of fused-ring (bicyclic) bond motifs is 1. The van der Waals surface area contributed by atoms with Gasteiger partial charge in [-0.05, 0) is 61.6 Å². The van der Waals surface area contributed by atoms with Crippen LogP contribution in [0.15, 0.2) is 36.4 Å². The molecular formula is C21H20ClNO6. The number of nitro groups is 1. The van der Waals surface area contributed by atoms with E-state index in [0.717, 1.165) is 36.3 Å². The van der Waals surface area contributed by atoms with Crippen LogP contribution in [-0.2, 0) is 21.4 Å². The molecule has 1 aliphatic rings. The monoisotopic (exact) mass is 417 g/mol. The van der Waals surface area contributed by atoms with Crippen molar-refractivity contribution in [3.8, 4) is 5.75 Å². The van der Waals surface area contributed by atoms with Gasteiger partial charge in [0, 0.05) is 11.1 Å². The maximum atomic E-state index is 12.1. The summed E-state index contributed by atoms with van der Waals surface area (Å²) in [6.45, 7) is 1.76. The first kappa shape index (κ1) is 20.8. The number of nitrogens with zero attached hydrogens (tertiary/aromatic N) is 1. The topological polar surface area (TPSA) is 95.7 Å². The summed E-state index contributed by atoms with van der Waals surface area (Å²) in [5.41, 5.74) is 0.601. The van der Waals surface area contributed by atoms with Crippen molar-refractivity contribution in [2.24, 2.45) is 0 Å². The molecule has 8 heteroatoms. The molecule has 0 amide bonds. The Hall–Kier alpha value is -2.93. The number of carbonyl (C=O) groups excluding carboxylic acids is 2. The highest BCUT2D eigenvalue weighted by Gasteiger charge is 2.38. The van der Waals surface area contributed by atoms with E-state index in [4.69, 9.17) is 21.1 Å². The molecule has 0 unspecified atom stereocenters. The summed E-state index contributed by atoms with van der Waals surface area (Å²) in [5.74, 6) is -0.657. The lowest BCUT2D eigenvalue weighted by Crippen LogP contribution is -2.38. The van der Waals surface area contributed by atoms with Crippen molar-refractivity contribution in [2.75, 3.05) is 13.2 Å². The summed E-state index contributed by atoms with van der Waals surface area (Å²) >= 11 is 6.07. The second kappa shape index (κ2) is 8.61. The molecule has 1 aliphatic carbocycles. The summed E-state index contributed by atoms with van der Waals surface area (Å²) in [5, 5.41) is 12.1. The number of hydrogen-bond acceptors (Lipinski definition) is 6. The average molecular weight is 418 g/mol. The quantitative estimate of drug-likeness (QED) is 0.289. The Labute approximate surface area is 172 Å². The number of hydrogen-bond donors (Lipinski definition) is 0. The molecule has 0 aromatic heterocycles. The smallest absolute Gasteiger partial charge is 0.338 e. The van der Waals surface area contributed by atoms with Gasteiger partial charge in [0.2, 0.25) is 0 Å². The molecule has 1 atom stereocenters. The minimum absolute atomic E-state index is 0.00893. The van der Waals surface area contributed by atoms with Crippen LogP contribution in [0.3, 0.4) is 0 Å². The number of halogens is 1. The van der Waals surface area contributed by atoms with E-state index in [9.17, 15) is 19.7 Å². The van der Waals surface area contributed by atoms with Crippen LogP contribution in [0.4, 0.5) is 5.69 Å². The largest absolute Gasteiger partial charge is 0.485 e. The molecule has 0 saturated heterocycles. The molecule has 0 spiro atoms. The first-order valence-electron chi connectivity index (χ1n) is 9.24. The Balaban J connectivity index is 1.90. The molecule has 0 aliphatic heterocycles. The van der Waals surface area contributed by atoms with Crippen LogP contribution in [0.1, 0.15) is 41.3 Å². The lowest BCUT2D eigenvalue weighted by molar-refractivity contribution is -0.385. The summed E-state index contributed by atoms with van der Waals surface area (Å²) in [4.78, 5) is 34.8. The van der Waals surface area contributed by atoms with Crippen LogP contribution in [0.25, 0.3) is 0 Å². The van der Waals surface area contributed by atoms with Gasteiger partial charge in [-0.25, -0.2) is 4.79 Å². The summed E-state index contributed by atoms with van der Waals surface area (Å²) in [6, 6.07) is 9.25. The molecule has 2 aromatic rings. The van der Waals surface area contributed by atoms with E-state index >= 15 is 0 Å². The zero-order chi connectivity index (χ0) is 21.0. The van der Waals surface area contributed by atoms with Crippen molar-refractivity contribution < 1.29 is 24.0 Å². The molecular weight excluding hydrogens is 398 g/mol. The van der Waals surface area contributed by atoms with E-state index < -0.39 is 16.3 Å². The van der Waals surface area contributed by atoms with Crippen LogP contribution in [0.2, 0.25) is 5.02 Å². The number of ether oxygens (including phenoxy) is 2. The molecule has 0 radical (unpaired) electrons. The van der Waals surface area contributed by atoms with Gasteiger partial charge in [-0.15, -0.1) is 0 Å². The van der Waals surface area contributed by atoms with Crippen LogP contribution in [0.5, 0.6) is 5.75 Å². The van der Waals surface area contributed by atoms with Crippen molar-refractivity contribution in [1.29, 1.82) is 0 Å².